The molecule has 2 heterocycles. The molecule has 1 aliphatic carbocycles. The molecule has 36 heavy (non-hydrogen) atoms. The summed E-state index contributed by atoms with van der Waals surface area (Å²) in [6.45, 7) is 1.96. The number of aryl methyl sites for hydroxylation is 1. The zero-order valence-corrected chi connectivity index (χ0v) is 20.3. The van der Waals surface area contributed by atoms with Crippen molar-refractivity contribution in [1.29, 1.82) is 5.41 Å². The van der Waals surface area contributed by atoms with Crippen LogP contribution in [0, 0.1) is 10.8 Å². The van der Waals surface area contributed by atoms with E-state index in [1.54, 1.807) is 30.3 Å². The number of nitrogens with zero attached hydrogens (tertiary/aromatic N) is 2. The van der Waals surface area contributed by atoms with Gasteiger partial charge in [0.15, 0.2) is 0 Å². The summed E-state index contributed by atoms with van der Waals surface area (Å²) < 4.78 is 1.48. The van der Waals surface area contributed by atoms with Gasteiger partial charge in [0, 0.05) is 54.3 Å². The van der Waals surface area contributed by atoms with Gasteiger partial charge in [0.25, 0.3) is 0 Å². The first-order chi connectivity index (χ1) is 17.3. The summed E-state index contributed by atoms with van der Waals surface area (Å²) in [6, 6.07) is 17.7. The smallest absolute Gasteiger partial charge is 0.250 e. The number of rotatable bonds is 7. The van der Waals surface area contributed by atoms with Crippen LogP contribution in [-0.2, 0) is 16.6 Å². The Hall–Kier alpha value is -4.20. The fourth-order valence-electron chi connectivity index (χ4n) is 4.71. The van der Waals surface area contributed by atoms with Crippen molar-refractivity contribution in [3.63, 3.8) is 0 Å². The van der Waals surface area contributed by atoms with Gasteiger partial charge < -0.3 is 25.5 Å². The van der Waals surface area contributed by atoms with Crippen LogP contribution in [0.15, 0.2) is 71.7 Å². The fraction of sp³-hybridized carbons (Fsp3) is 0.286. The highest BCUT2D eigenvalue weighted by Crippen LogP contribution is 2.46. The van der Waals surface area contributed by atoms with Crippen LogP contribution in [0.1, 0.15) is 43.4 Å². The minimum Gasteiger partial charge on any atom is -0.354 e. The van der Waals surface area contributed by atoms with Crippen LogP contribution in [0.5, 0.6) is 0 Å². The lowest BCUT2D eigenvalue weighted by Crippen LogP contribution is -2.42. The molecule has 2 atom stereocenters. The van der Waals surface area contributed by atoms with Gasteiger partial charge in [0.2, 0.25) is 17.4 Å². The Kier molecular flexibility index (Phi) is 5.96. The number of aromatic nitrogens is 1. The Morgan fingerprint density at radius 1 is 1.08 bits per heavy atom. The zero-order valence-electron chi connectivity index (χ0n) is 20.3. The normalized spacial score (nSPS) is 20.2. The lowest BCUT2D eigenvalue weighted by molar-refractivity contribution is -0.126. The molecule has 0 radical (unpaired) electrons. The number of benzene rings is 2. The minimum absolute atomic E-state index is 0.0000655. The van der Waals surface area contributed by atoms with Crippen molar-refractivity contribution >= 4 is 35.1 Å². The maximum absolute atomic E-state index is 13.3. The largest absolute Gasteiger partial charge is 0.354 e. The van der Waals surface area contributed by atoms with Crippen LogP contribution < -0.4 is 21.1 Å². The van der Waals surface area contributed by atoms with E-state index in [-0.39, 0.29) is 41.3 Å². The molecule has 3 aromatic rings. The van der Waals surface area contributed by atoms with Crippen molar-refractivity contribution in [2.24, 2.45) is 12.5 Å². The Bertz CT molecular complexity index is 1390. The van der Waals surface area contributed by atoms with E-state index in [1.807, 2.05) is 49.4 Å². The summed E-state index contributed by atoms with van der Waals surface area (Å²) >= 11 is 0. The van der Waals surface area contributed by atoms with Crippen LogP contribution in [0.2, 0.25) is 0 Å². The van der Waals surface area contributed by atoms with E-state index in [9.17, 15) is 14.4 Å². The molecular weight excluding hydrogens is 454 g/mol. The van der Waals surface area contributed by atoms with Gasteiger partial charge in [-0.2, -0.15) is 0 Å². The van der Waals surface area contributed by atoms with Crippen LogP contribution in [0.25, 0.3) is 0 Å². The summed E-state index contributed by atoms with van der Waals surface area (Å²) in [5.41, 5.74) is 3.15. The third-order valence-corrected chi connectivity index (χ3v) is 7.16. The van der Waals surface area contributed by atoms with E-state index < -0.39 is 0 Å². The quantitative estimate of drug-likeness (QED) is 0.443. The first kappa shape index (κ1) is 23.5. The summed E-state index contributed by atoms with van der Waals surface area (Å²) in [5.74, 6) is -0.0788. The predicted octanol–water partition coefficient (Wildman–Crippen LogP) is 3.89. The molecule has 8 nitrogen and oxygen atoms in total. The first-order valence-corrected chi connectivity index (χ1v) is 12.1. The van der Waals surface area contributed by atoms with E-state index in [2.05, 4.69) is 10.6 Å². The highest BCUT2D eigenvalue weighted by atomic mass is 16.2. The molecule has 2 aromatic carbocycles. The summed E-state index contributed by atoms with van der Waals surface area (Å²) in [6.07, 6.45) is 4.86. The van der Waals surface area contributed by atoms with E-state index in [0.717, 1.165) is 18.4 Å². The molecule has 2 aliphatic rings. The highest BCUT2D eigenvalue weighted by molar-refractivity contribution is 6.00. The number of amides is 2. The summed E-state index contributed by atoms with van der Waals surface area (Å²) in [7, 11) is 1.68. The molecular formula is C28H29N5O3. The minimum atomic E-state index is -0.356. The van der Waals surface area contributed by atoms with Crippen molar-refractivity contribution in [2.75, 3.05) is 10.2 Å². The third kappa shape index (κ3) is 4.42. The molecule has 1 saturated heterocycles. The molecule has 0 spiro atoms. The van der Waals surface area contributed by atoms with Gasteiger partial charge in [-0.25, -0.2) is 0 Å². The summed E-state index contributed by atoms with van der Waals surface area (Å²) in [5, 5.41) is 14.4. The third-order valence-electron chi connectivity index (χ3n) is 7.16. The molecule has 1 saturated carbocycles. The molecule has 2 amide bonds. The van der Waals surface area contributed by atoms with E-state index >= 15 is 0 Å². The molecule has 2 fully saturated rings. The molecule has 184 valence electrons. The SMILES string of the molecule is Cn1cc(Nc2ccc(N3C(=O)C[C@H](NC(=O)C4(C)CC4)[C@H]3c3ccccc3)cc2C=N)ccc1=O. The van der Waals surface area contributed by atoms with Crippen molar-refractivity contribution in [1.82, 2.24) is 9.88 Å². The summed E-state index contributed by atoms with van der Waals surface area (Å²) in [4.78, 5) is 39.6. The van der Waals surface area contributed by atoms with Crippen molar-refractivity contribution in [2.45, 2.75) is 38.3 Å². The second-order valence-electron chi connectivity index (χ2n) is 9.87. The number of hydrogen-bond acceptors (Lipinski definition) is 5. The molecule has 0 unspecified atom stereocenters. The van der Waals surface area contributed by atoms with E-state index in [4.69, 9.17) is 5.41 Å². The van der Waals surface area contributed by atoms with Crippen molar-refractivity contribution in [3.05, 3.63) is 88.3 Å². The van der Waals surface area contributed by atoms with Crippen molar-refractivity contribution in [3.8, 4) is 0 Å². The first-order valence-electron chi connectivity index (χ1n) is 12.1. The van der Waals surface area contributed by atoms with Gasteiger partial charge in [-0.1, -0.05) is 37.3 Å². The van der Waals surface area contributed by atoms with Crippen molar-refractivity contribution < 1.29 is 9.59 Å². The van der Waals surface area contributed by atoms with Gasteiger partial charge in [0.05, 0.1) is 17.8 Å². The molecule has 1 aliphatic heterocycles. The second-order valence-corrected chi connectivity index (χ2v) is 9.87. The number of carbonyl (C=O) groups is 2. The molecule has 1 aromatic heterocycles. The lowest BCUT2D eigenvalue weighted by Gasteiger charge is -2.30. The van der Waals surface area contributed by atoms with Gasteiger partial charge in [-0.3, -0.25) is 14.4 Å². The maximum Gasteiger partial charge on any atom is 0.250 e. The number of pyridine rings is 1. The van der Waals surface area contributed by atoms with Gasteiger partial charge in [0.1, 0.15) is 0 Å². The number of anilines is 3. The van der Waals surface area contributed by atoms with E-state index in [0.29, 0.717) is 22.6 Å². The van der Waals surface area contributed by atoms with Crippen LogP contribution in [-0.4, -0.2) is 28.6 Å². The Morgan fingerprint density at radius 2 is 1.83 bits per heavy atom. The number of hydrogen-bond donors (Lipinski definition) is 3. The lowest BCUT2D eigenvalue weighted by atomic mass is 9.98. The zero-order chi connectivity index (χ0) is 25.4. The van der Waals surface area contributed by atoms with Crippen LogP contribution in [0.4, 0.5) is 17.1 Å². The average molecular weight is 484 g/mol. The standard InChI is InChI=1S/C28H29N5O3/c1-28(12-13-28)27(36)31-23-15-25(35)33(26(23)18-6-4-3-5-7-18)21-9-10-22(19(14-21)16-29)30-20-8-11-24(34)32(2)17-20/h3-11,14,16-17,23,26,29-30H,12-13,15H2,1-2H3,(H,31,36)/t23-,26+/m0/s1. The molecule has 3 N–H and O–H groups in total. The second kappa shape index (κ2) is 9.11. The Balaban J connectivity index is 1.48. The number of nitrogens with one attached hydrogen (secondary N) is 3. The highest BCUT2D eigenvalue weighted by Gasteiger charge is 2.48. The monoisotopic (exact) mass is 483 g/mol. The van der Waals surface area contributed by atoms with E-state index in [1.165, 1.54) is 16.8 Å². The molecule has 0 bridgehead atoms. The topological polar surface area (TPSA) is 107 Å². The molecule has 5 rings (SSSR count). The number of carbonyl (C=O) groups excluding carboxylic acids is 2. The Morgan fingerprint density at radius 3 is 2.50 bits per heavy atom. The van der Waals surface area contributed by atoms with Crippen LogP contribution in [0.3, 0.4) is 0 Å². The van der Waals surface area contributed by atoms with Crippen LogP contribution >= 0.6 is 0 Å². The average Bonchev–Trinajstić information content (AvgIpc) is 3.55. The van der Waals surface area contributed by atoms with Gasteiger partial charge in [-0.15, -0.1) is 0 Å². The fourth-order valence-corrected chi connectivity index (χ4v) is 4.71. The van der Waals surface area contributed by atoms with Gasteiger partial charge >= 0.3 is 0 Å². The predicted molar refractivity (Wildman–Crippen MR) is 140 cm³/mol. The van der Waals surface area contributed by atoms with Gasteiger partial charge in [-0.05, 0) is 42.7 Å². The maximum atomic E-state index is 13.3. The molecule has 8 heteroatoms. The Labute approximate surface area is 209 Å².